The summed E-state index contributed by atoms with van der Waals surface area (Å²) in [7, 11) is 1.45. The molecule has 0 aliphatic carbocycles. The van der Waals surface area contributed by atoms with E-state index in [0.29, 0.717) is 17.7 Å². The lowest BCUT2D eigenvalue weighted by Gasteiger charge is -2.08. The van der Waals surface area contributed by atoms with Gasteiger partial charge in [-0.15, -0.1) is 0 Å². The molecule has 0 saturated heterocycles. The smallest absolute Gasteiger partial charge is 0.168 e. The van der Waals surface area contributed by atoms with Crippen LogP contribution in [-0.4, -0.2) is 18.0 Å². The highest BCUT2D eigenvalue weighted by molar-refractivity contribution is 9.10. The second kappa shape index (κ2) is 5.16. The van der Waals surface area contributed by atoms with Crippen molar-refractivity contribution in [3.63, 3.8) is 0 Å². The molecule has 0 radical (unpaired) electrons. The van der Waals surface area contributed by atoms with Crippen molar-refractivity contribution in [2.24, 2.45) is 0 Å². The van der Waals surface area contributed by atoms with Crippen LogP contribution in [0.25, 0.3) is 0 Å². The topological polar surface area (TPSA) is 46.5 Å². The number of carbonyl (C=O) groups is 1. The molecule has 82 valence electrons. The van der Waals surface area contributed by atoms with Crippen molar-refractivity contribution >= 4 is 21.7 Å². The third kappa shape index (κ3) is 2.72. The summed E-state index contributed by atoms with van der Waals surface area (Å²) in [4.78, 5) is 11.6. The van der Waals surface area contributed by atoms with Gasteiger partial charge in [0.1, 0.15) is 0 Å². The molecule has 1 rings (SSSR count). The summed E-state index contributed by atoms with van der Waals surface area (Å²) in [5, 5.41) is 9.74. The van der Waals surface area contributed by atoms with E-state index >= 15 is 0 Å². The van der Waals surface area contributed by atoms with Crippen molar-refractivity contribution in [3.8, 4) is 11.5 Å². The van der Waals surface area contributed by atoms with Gasteiger partial charge in [-0.25, -0.2) is 0 Å². The number of aromatic hydroxyl groups is 1. The van der Waals surface area contributed by atoms with E-state index in [2.05, 4.69) is 15.9 Å². The average molecular weight is 273 g/mol. The van der Waals surface area contributed by atoms with E-state index in [-0.39, 0.29) is 11.5 Å². The summed E-state index contributed by atoms with van der Waals surface area (Å²) >= 11 is 3.26. The van der Waals surface area contributed by atoms with Crippen molar-refractivity contribution in [3.05, 3.63) is 22.2 Å². The molecule has 1 N–H and O–H groups in total. The first kappa shape index (κ1) is 12.0. The summed E-state index contributed by atoms with van der Waals surface area (Å²) < 4.78 is 5.68. The molecule has 0 aliphatic heterocycles. The molecule has 0 bridgehead atoms. The number of methoxy groups -OCH3 is 1. The Balaban J connectivity index is 3.17. The van der Waals surface area contributed by atoms with Crippen LogP contribution in [0.2, 0.25) is 0 Å². The highest BCUT2D eigenvalue weighted by Gasteiger charge is 2.15. The van der Waals surface area contributed by atoms with Crippen LogP contribution >= 0.6 is 15.9 Å². The van der Waals surface area contributed by atoms with Crippen LogP contribution in [0.3, 0.4) is 0 Å². The summed E-state index contributed by atoms with van der Waals surface area (Å²) in [6, 6.07) is 3.23. The van der Waals surface area contributed by atoms with Crippen LogP contribution in [0.1, 0.15) is 30.1 Å². The first-order valence-corrected chi connectivity index (χ1v) is 5.49. The van der Waals surface area contributed by atoms with E-state index in [1.165, 1.54) is 7.11 Å². The summed E-state index contributed by atoms with van der Waals surface area (Å²) in [6.07, 6.45) is 1.18. The first-order chi connectivity index (χ1) is 7.10. The van der Waals surface area contributed by atoms with Gasteiger partial charge in [0.05, 0.1) is 12.7 Å². The Kier molecular flexibility index (Phi) is 4.15. The van der Waals surface area contributed by atoms with Crippen molar-refractivity contribution in [2.45, 2.75) is 19.8 Å². The number of rotatable bonds is 4. The molecule has 15 heavy (non-hydrogen) atoms. The van der Waals surface area contributed by atoms with Gasteiger partial charge in [0, 0.05) is 10.9 Å². The predicted molar refractivity (Wildman–Crippen MR) is 61.6 cm³/mol. The number of carbonyl (C=O) groups excluding carboxylic acids is 1. The van der Waals surface area contributed by atoms with Gasteiger partial charge in [0.2, 0.25) is 0 Å². The molecule has 0 heterocycles. The molecule has 0 spiro atoms. The lowest BCUT2D eigenvalue weighted by molar-refractivity contribution is 0.0978. The van der Waals surface area contributed by atoms with Gasteiger partial charge < -0.3 is 9.84 Å². The number of ether oxygens (including phenoxy) is 1. The van der Waals surface area contributed by atoms with E-state index in [4.69, 9.17) is 4.74 Å². The molecular weight excluding hydrogens is 260 g/mol. The molecule has 1 aromatic carbocycles. The maximum atomic E-state index is 11.6. The maximum Gasteiger partial charge on any atom is 0.168 e. The lowest BCUT2D eigenvalue weighted by Crippen LogP contribution is -2.00. The molecule has 0 fully saturated rings. The fourth-order valence-corrected chi connectivity index (χ4v) is 1.74. The molecule has 0 aliphatic rings. The largest absolute Gasteiger partial charge is 0.504 e. The molecule has 0 aromatic heterocycles. The highest BCUT2D eigenvalue weighted by Crippen LogP contribution is 2.34. The van der Waals surface area contributed by atoms with Crippen LogP contribution in [0.15, 0.2) is 16.6 Å². The zero-order chi connectivity index (χ0) is 11.4. The Bertz CT molecular complexity index is 374. The van der Waals surface area contributed by atoms with Crippen LogP contribution in [0, 0.1) is 0 Å². The Morgan fingerprint density at radius 2 is 2.20 bits per heavy atom. The maximum absolute atomic E-state index is 11.6. The molecule has 0 amide bonds. The number of ketones is 1. The number of hydrogen-bond acceptors (Lipinski definition) is 3. The molecule has 0 unspecified atom stereocenters. The number of halogens is 1. The minimum absolute atomic E-state index is 0.0744. The quantitative estimate of drug-likeness (QED) is 0.857. The van der Waals surface area contributed by atoms with Gasteiger partial charge in [0.15, 0.2) is 17.3 Å². The Morgan fingerprint density at radius 3 is 2.73 bits per heavy atom. The van der Waals surface area contributed by atoms with Gasteiger partial charge >= 0.3 is 0 Å². The standard InChI is InChI=1S/C11H13BrO3/c1-3-4-9(13)8-5-7(12)6-10(15-2)11(8)14/h5-6,14H,3-4H2,1-2H3. The fraction of sp³-hybridized carbons (Fsp3) is 0.364. The van der Waals surface area contributed by atoms with E-state index in [1.54, 1.807) is 12.1 Å². The van der Waals surface area contributed by atoms with E-state index < -0.39 is 0 Å². The average Bonchev–Trinajstić information content (AvgIpc) is 2.21. The Hall–Kier alpha value is -1.03. The van der Waals surface area contributed by atoms with Crippen LogP contribution in [0.4, 0.5) is 0 Å². The monoisotopic (exact) mass is 272 g/mol. The van der Waals surface area contributed by atoms with Crippen LogP contribution in [0.5, 0.6) is 11.5 Å². The summed E-state index contributed by atoms with van der Waals surface area (Å²) in [5.74, 6) is 0.151. The molecular formula is C11H13BrO3. The summed E-state index contributed by atoms with van der Waals surface area (Å²) in [6.45, 7) is 1.92. The van der Waals surface area contributed by atoms with E-state index in [0.717, 1.165) is 10.9 Å². The van der Waals surface area contributed by atoms with E-state index in [9.17, 15) is 9.90 Å². The number of Topliss-reactive ketones (excluding diaryl/α,β-unsaturated/α-hetero) is 1. The minimum atomic E-state index is -0.0841. The predicted octanol–water partition coefficient (Wildman–Crippen LogP) is 3.15. The van der Waals surface area contributed by atoms with Crippen molar-refractivity contribution in [2.75, 3.05) is 7.11 Å². The molecule has 3 nitrogen and oxygen atoms in total. The van der Waals surface area contributed by atoms with Crippen LogP contribution in [-0.2, 0) is 0 Å². The van der Waals surface area contributed by atoms with Crippen molar-refractivity contribution in [1.82, 2.24) is 0 Å². The molecule has 4 heteroatoms. The van der Waals surface area contributed by atoms with Gasteiger partial charge in [-0.2, -0.15) is 0 Å². The minimum Gasteiger partial charge on any atom is -0.504 e. The van der Waals surface area contributed by atoms with Gasteiger partial charge in [-0.1, -0.05) is 22.9 Å². The third-order valence-electron chi connectivity index (χ3n) is 2.04. The Labute approximate surface area is 97.2 Å². The molecule has 0 atom stereocenters. The zero-order valence-electron chi connectivity index (χ0n) is 8.71. The fourth-order valence-electron chi connectivity index (χ4n) is 1.30. The van der Waals surface area contributed by atoms with Gasteiger partial charge in [0.25, 0.3) is 0 Å². The number of benzene rings is 1. The second-order valence-corrected chi connectivity index (χ2v) is 4.09. The van der Waals surface area contributed by atoms with E-state index in [1.807, 2.05) is 6.92 Å². The van der Waals surface area contributed by atoms with Crippen molar-refractivity contribution < 1.29 is 14.6 Å². The SMILES string of the molecule is CCCC(=O)c1cc(Br)cc(OC)c1O. The highest BCUT2D eigenvalue weighted by atomic mass is 79.9. The van der Waals surface area contributed by atoms with Gasteiger partial charge in [-0.3, -0.25) is 4.79 Å². The number of hydrogen-bond donors (Lipinski definition) is 1. The normalized spacial score (nSPS) is 10.1. The first-order valence-electron chi connectivity index (χ1n) is 4.69. The third-order valence-corrected chi connectivity index (χ3v) is 2.49. The van der Waals surface area contributed by atoms with Crippen LogP contribution < -0.4 is 4.74 Å². The van der Waals surface area contributed by atoms with Gasteiger partial charge in [-0.05, 0) is 18.6 Å². The van der Waals surface area contributed by atoms with Crippen molar-refractivity contribution in [1.29, 1.82) is 0 Å². The number of phenolic OH excluding ortho intramolecular Hbond substituents is 1. The molecule has 0 saturated carbocycles. The molecule has 1 aromatic rings. The second-order valence-electron chi connectivity index (χ2n) is 3.18. The number of phenols is 1. The lowest BCUT2D eigenvalue weighted by atomic mass is 10.1. The Morgan fingerprint density at radius 1 is 1.53 bits per heavy atom. The zero-order valence-corrected chi connectivity index (χ0v) is 10.3. The summed E-state index contributed by atoms with van der Waals surface area (Å²) in [5.41, 5.74) is 0.308.